The van der Waals surface area contributed by atoms with Crippen LogP contribution in [0.2, 0.25) is 0 Å². The first-order chi connectivity index (χ1) is 41.5. The average Bonchev–Trinajstić information content (AvgIpc) is 1.86. The Hall–Kier alpha value is -8.35. The van der Waals surface area contributed by atoms with Crippen molar-refractivity contribution in [2.75, 3.05) is 86.6 Å². The Morgan fingerprint density at radius 3 is 1.83 bits per heavy atom. The Bertz CT molecular complexity index is 3300. The Morgan fingerprint density at radius 1 is 0.721 bits per heavy atom. The fourth-order valence-corrected chi connectivity index (χ4v) is 10.6. The van der Waals surface area contributed by atoms with Gasteiger partial charge in [-0.05, 0) is 78.0 Å². The molecule has 0 radical (unpaired) electrons. The fourth-order valence-electron chi connectivity index (χ4n) is 9.85. The van der Waals surface area contributed by atoms with Crippen LogP contribution in [0.3, 0.4) is 0 Å². The molecule has 4 aromatic rings. The summed E-state index contributed by atoms with van der Waals surface area (Å²) in [6.07, 6.45) is -4.30. The molecule has 458 valence electrons. The van der Waals surface area contributed by atoms with Gasteiger partial charge in [0.2, 0.25) is 6.29 Å². The molecule has 28 nitrogen and oxygen atoms in total. The van der Waals surface area contributed by atoms with E-state index in [0.717, 1.165) is 23.3 Å². The minimum Gasteiger partial charge on any atom is -0.493 e. The van der Waals surface area contributed by atoms with E-state index in [1.807, 2.05) is 0 Å². The quantitative estimate of drug-likeness (QED) is 0.0177. The van der Waals surface area contributed by atoms with Crippen LogP contribution >= 0.6 is 0 Å². The zero-order chi connectivity index (χ0) is 61.1. The van der Waals surface area contributed by atoms with Gasteiger partial charge < -0.3 is 86.5 Å². The van der Waals surface area contributed by atoms with E-state index in [4.69, 9.17) is 56.5 Å². The van der Waals surface area contributed by atoms with E-state index in [9.17, 15) is 43.2 Å². The molecule has 0 bridgehead atoms. The van der Waals surface area contributed by atoms with Crippen LogP contribution in [0, 0.1) is 0 Å². The molecule has 3 amide bonds. The molecule has 0 saturated carbocycles. The lowest BCUT2D eigenvalue weighted by atomic mass is 9.99. The van der Waals surface area contributed by atoms with Gasteiger partial charge in [0.1, 0.15) is 43.4 Å². The Kier molecular flexibility index (Phi) is 20.4. The molecule has 0 aromatic heterocycles. The third-order valence-electron chi connectivity index (χ3n) is 14.1. The molecule has 5 aliphatic rings. The molecule has 5 aliphatic heterocycles. The van der Waals surface area contributed by atoms with Gasteiger partial charge in [0.15, 0.2) is 34.5 Å². The van der Waals surface area contributed by atoms with Gasteiger partial charge >= 0.3 is 10.4 Å². The smallest absolute Gasteiger partial charge is 0.493 e. The van der Waals surface area contributed by atoms with Crippen molar-refractivity contribution in [2.24, 2.45) is 15.1 Å². The van der Waals surface area contributed by atoms with E-state index in [-0.39, 0.29) is 135 Å². The van der Waals surface area contributed by atoms with Gasteiger partial charge in [-0.25, -0.2) is 0 Å². The van der Waals surface area contributed by atoms with Crippen molar-refractivity contribution in [1.29, 1.82) is 0 Å². The maximum absolute atomic E-state index is 14.2. The number of hydrogen-bond donors (Lipinski definition) is 5. The number of aliphatic imine (C=N–C) groups is 2. The number of amides is 3. The van der Waals surface area contributed by atoms with Crippen molar-refractivity contribution in [3.8, 4) is 40.2 Å². The van der Waals surface area contributed by atoms with Gasteiger partial charge in [-0.3, -0.25) is 24.4 Å². The normalized spacial score (nSPS) is 21.3. The van der Waals surface area contributed by atoms with Crippen molar-refractivity contribution < 1.29 is 94.2 Å². The monoisotopic (exact) mass is 1210 g/mol. The number of rotatable bonds is 28. The first-order valence-corrected chi connectivity index (χ1v) is 28.4. The standard InChI is InChI=1S/C57H64N8O20S/c1-32-15-37-25-60-42-23-47(45(75-3)21-40(42)55(71)64(37)27-32)80-30-34-17-35(31-81-48-24-43-41(22-46(48)76-4)56(72)65-28-33(2)16-38(65)26-61-43)19-39(18-34)84-86(73,74)85-49-20-36(5-6-44(49)82-57-53(69)52(68)51(67)50(29-66)83-57)54(70)59-7-9-77-11-13-79-14-12-78-10-8-62-63-58/h5-6,17-26,37-38,50-53,57,66-69H,1-2,7-16,27-31H2,3-4H3,(H,59,70)/t37-,38-,50+,51-,52-,53+,57+/m0/s1. The number of carbonyl (C=O) groups excluding carboxylic acids is 3. The topological polar surface area (TPSA) is 360 Å². The minimum absolute atomic E-state index is 0.000181. The highest BCUT2D eigenvalue weighted by Crippen LogP contribution is 2.42. The number of nitrogens with zero attached hydrogens (tertiary/aromatic N) is 7. The Morgan fingerprint density at radius 2 is 1.28 bits per heavy atom. The highest BCUT2D eigenvalue weighted by atomic mass is 32.3. The highest BCUT2D eigenvalue weighted by Gasteiger charge is 2.45. The van der Waals surface area contributed by atoms with Crippen molar-refractivity contribution in [2.45, 2.75) is 68.8 Å². The summed E-state index contributed by atoms with van der Waals surface area (Å²) in [6.45, 7) is 8.95. The van der Waals surface area contributed by atoms with E-state index in [1.54, 1.807) is 40.4 Å². The second-order valence-corrected chi connectivity index (χ2v) is 21.3. The van der Waals surface area contributed by atoms with Gasteiger partial charge in [0.05, 0.1) is 95.1 Å². The molecule has 4 aromatic carbocycles. The summed E-state index contributed by atoms with van der Waals surface area (Å²) in [4.78, 5) is 56.2. The molecule has 5 heterocycles. The first kappa shape index (κ1) is 62.2. The molecule has 0 spiro atoms. The summed E-state index contributed by atoms with van der Waals surface area (Å²) in [7, 11) is -2.45. The number of aliphatic hydroxyl groups is 4. The summed E-state index contributed by atoms with van der Waals surface area (Å²) in [5.74, 6) is -1.94. The van der Waals surface area contributed by atoms with Crippen LogP contribution in [-0.4, -0.2) is 198 Å². The van der Waals surface area contributed by atoms with Crippen LogP contribution in [0.5, 0.6) is 40.2 Å². The lowest BCUT2D eigenvalue weighted by Crippen LogP contribution is -2.60. The van der Waals surface area contributed by atoms with Crippen LogP contribution in [-0.2, 0) is 42.6 Å². The molecule has 29 heteroatoms. The summed E-state index contributed by atoms with van der Waals surface area (Å²) >= 11 is 0. The van der Waals surface area contributed by atoms with Gasteiger partial charge in [-0.1, -0.05) is 29.4 Å². The van der Waals surface area contributed by atoms with Gasteiger partial charge in [0.25, 0.3) is 17.7 Å². The van der Waals surface area contributed by atoms with Crippen molar-refractivity contribution in [3.05, 3.63) is 123 Å². The predicted octanol–water partition coefficient (Wildman–Crippen LogP) is 3.81. The third kappa shape index (κ3) is 15.0. The van der Waals surface area contributed by atoms with E-state index in [1.165, 1.54) is 44.6 Å². The van der Waals surface area contributed by atoms with Crippen LogP contribution in [0.15, 0.2) is 100 Å². The number of benzene rings is 4. The lowest BCUT2D eigenvalue weighted by Gasteiger charge is -2.39. The molecule has 9 rings (SSSR count). The molecule has 3 fully saturated rings. The fraction of sp³-hybridized carbons (Fsp3) is 0.421. The van der Waals surface area contributed by atoms with E-state index < -0.39 is 65.1 Å². The second kappa shape index (κ2) is 28.2. The highest BCUT2D eigenvalue weighted by molar-refractivity contribution is 7.82. The predicted molar refractivity (Wildman–Crippen MR) is 304 cm³/mol. The van der Waals surface area contributed by atoms with E-state index >= 15 is 0 Å². The maximum Gasteiger partial charge on any atom is 0.501 e. The van der Waals surface area contributed by atoms with Crippen molar-refractivity contribution in [1.82, 2.24) is 15.1 Å². The molecule has 0 unspecified atom stereocenters. The summed E-state index contributed by atoms with van der Waals surface area (Å²) in [6, 6.07) is 13.3. The van der Waals surface area contributed by atoms with Gasteiger partial charge in [-0.15, -0.1) is 8.42 Å². The molecule has 3 saturated heterocycles. The molecule has 7 atom stereocenters. The van der Waals surface area contributed by atoms with E-state index in [0.29, 0.717) is 48.4 Å². The number of azide groups is 1. The SMILES string of the molecule is C=C1C[C@H]2C=Nc3cc(OCc4cc(COc5cc6c(cc5OC)C(=O)N5CC(=C)C[C@H]5C=N6)cc(OS(=O)(=O)Oc5cc(C(=O)NCCOCCOCCOCCN=[N+]=[N-])ccc5O[C@@H]5O[C@H](CO)[C@H](O)[C@H](O)[C@H]5O)c4)c(OC)cc3C(=O)N2C1. The average molecular weight is 1210 g/mol. The Labute approximate surface area is 493 Å². The summed E-state index contributed by atoms with van der Waals surface area (Å²) in [5.41, 5.74) is 11.8. The number of carbonyl (C=O) groups is 3. The second-order valence-electron chi connectivity index (χ2n) is 20.2. The van der Waals surface area contributed by atoms with E-state index in [2.05, 4.69) is 38.5 Å². The lowest BCUT2D eigenvalue weighted by molar-refractivity contribution is -0.277. The number of nitrogens with one attached hydrogen (secondary N) is 1. The first-order valence-electron chi connectivity index (χ1n) is 27.1. The number of aliphatic hydroxyl groups excluding tert-OH is 4. The van der Waals surface area contributed by atoms with Crippen LogP contribution in [0.25, 0.3) is 10.4 Å². The molecule has 5 N–H and O–H groups in total. The number of methoxy groups -OCH3 is 2. The Balaban J connectivity index is 0.964. The van der Waals surface area contributed by atoms with Crippen LogP contribution in [0.4, 0.5) is 11.4 Å². The maximum atomic E-state index is 14.2. The minimum atomic E-state index is -5.27. The summed E-state index contributed by atoms with van der Waals surface area (Å²) in [5, 5.41) is 47.7. The molecular weight excluding hydrogens is 1150 g/mol. The summed E-state index contributed by atoms with van der Waals surface area (Å²) < 4.78 is 91.2. The van der Waals surface area contributed by atoms with Crippen LogP contribution < -0.4 is 37.4 Å². The van der Waals surface area contributed by atoms with Crippen molar-refractivity contribution in [3.63, 3.8) is 0 Å². The molecule has 0 aliphatic carbocycles. The van der Waals surface area contributed by atoms with Crippen molar-refractivity contribution >= 4 is 51.9 Å². The number of ether oxygens (including phenoxy) is 9. The third-order valence-corrected chi connectivity index (χ3v) is 14.9. The van der Waals surface area contributed by atoms with Gasteiger partial charge in [-0.2, -0.15) is 0 Å². The van der Waals surface area contributed by atoms with Gasteiger partial charge in [0, 0.05) is 61.2 Å². The zero-order valence-corrected chi connectivity index (χ0v) is 47.7. The molecule has 86 heavy (non-hydrogen) atoms. The van der Waals surface area contributed by atoms with Crippen LogP contribution in [0.1, 0.15) is 55.0 Å². The number of hydrogen-bond acceptors (Lipinski definition) is 23. The number of fused-ring (bicyclic) bond motifs is 4. The largest absolute Gasteiger partial charge is 0.501 e. The molecular formula is C57H64N8O20S. The zero-order valence-electron chi connectivity index (χ0n) is 46.9.